The third-order valence-electron chi connectivity index (χ3n) is 4.77. The maximum atomic E-state index is 12.8. The first-order valence-electron chi connectivity index (χ1n) is 8.90. The predicted molar refractivity (Wildman–Crippen MR) is 106 cm³/mol. The van der Waals surface area contributed by atoms with Gasteiger partial charge in [0.15, 0.2) is 11.2 Å². The molecule has 142 valence electrons. The number of halogens is 1. The van der Waals surface area contributed by atoms with Crippen LogP contribution < -0.4 is 5.43 Å². The largest absolute Gasteiger partial charge is 0.451 e. The van der Waals surface area contributed by atoms with Crippen LogP contribution in [-0.2, 0) is 0 Å². The topological polar surface area (TPSA) is 70.8 Å². The molecule has 1 aromatic heterocycles. The third kappa shape index (κ3) is 3.51. The molecule has 0 N–H and O–H groups in total. The molecule has 0 unspecified atom stereocenters. The Morgan fingerprint density at radius 1 is 0.857 bits per heavy atom. The van der Waals surface area contributed by atoms with E-state index in [1.165, 1.54) is 6.07 Å². The first kappa shape index (κ1) is 18.3. The van der Waals surface area contributed by atoms with Gasteiger partial charge in [-0.15, -0.1) is 0 Å². The lowest BCUT2D eigenvalue weighted by atomic mass is 10.1. The molecule has 0 atom stereocenters. The van der Waals surface area contributed by atoms with E-state index in [4.69, 9.17) is 16.0 Å². The standard InChI is InChI=1S/C21H17ClN2O4/c22-15-5-3-4-14(12-15)20(26)23-8-10-24(11-9-23)21(27)19-13-17(25)16-6-1-2-7-18(16)28-19/h1-7,12-13H,8-11H2. The Bertz CT molecular complexity index is 1120. The van der Waals surface area contributed by atoms with Gasteiger partial charge in [0, 0.05) is 42.8 Å². The number of nitrogens with zero attached hydrogens (tertiary/aromatic N) is 2. The van der Waals surface area contributed by atoms with Gasteiger partial charge in [-0.1, -0.05) is 29.8 Å². The SMILES string of the molecule is O=C(c1cccc(Cl)c1)N1CCN(C(=O)c2cc(=O)c3ccccc3o2)CC1. The van der Waals surface area contributed by atoms with Crippen LogP contribution in [0, 0.1) is 0 Å². The number of piperazine rings is 1. The number of rotatable bonds is 2. The van der Waals surface area contributed by atoms with Gasteiger partial charge in [0.25, 0.3) is 11.8 Å². The molecule has 1 saturated heterocycles. The van der Waals surface area contributed by atoms with Crippen LogP contribution in [0.15, 0.2) is 63.8 Å². The van der Waals surface area contributed by atoms with E-state index in [1.807, 2.05) is 0 Å². The van der Waals surface area contributed by atoms with Crippen LogP contribution in [0.1, 0.15) is 20.9 Å². The van der Waals surface area contributed by atoms with Crippen molar-refractivity contribution in [3.63, 3.8) is 0 Å². The van der Waals surface area contributed by atoms with E-state index in [0.29, 0.717) is 47.7 Å². The van der Waals surface area contributed by atoms with Crippen LogP contribution in [0.25, 0.3) is 11.0 Å². The zero-order valence-electron chi connectivity index (χ0n) is 14.9. The molecule has 0 aliphatic carbocycles. The summed E-state index contributed by atoms with van der Waals surface area (Å²) < 4.78 is 5.63. The first-order chi connectivity index (χ1) is 13.5. The Hall–Kier alpha value is -3.12. The molecule has 2 aromatic carbocycles. The number of benzene rings is 2. The van der Waals surface area contributed by atoms with Crippen LogP contribution in [0.3, 0.4) is 0 Å². The maximum absolute atomic E-state index is 12.8. The minimum atomic E-state index is -0.349. The van der Waals surface area contributed by atoms with Gasteiger partial charge in [-0.2, -0.15) is 0 Å². The van der Waals surface area contributed by atoms with E-state index < -0.39 is 0 Å². The van der Waals surface area contributed by atoms with Crippen molar-refractivity contribution in [2.75, 3.05) is 26.2 Å². The number of carbonyl (C=O) groups is 2. The summed E-state index contributed by atoms with van der Waals surface area (Å²) in [5, 5.41) is 0.946. The molecule has 1 aliphatic heterocycles. The van der Waals surface area contributed by atoms with Crippen LogP contribution in [0.2, 0.25) is 5.02 Å². The molecule has 3 aromatic rings. The lowest BCUT2D eigenvalue weighted by molar-refractivity contribution is 0.0518. The summed E-state index contributed by atoms with van der Waals surface area (Å²) in [5.74, 6) is -0.456. The minimum Gasteiger partial charge on any atom is -0.451 e. The zero-order valence-corrected chi connectivity index (χ0v) is 15.7. The van der Waals surface area contributed by atoms with Crippen molar-refractivity contribution < 1.29 is 14.0 Å². The number of fused-ring (bicyclic) bond motifs is 1. The van der Waals surface area contributed by atoms with E-state index in [9.17, 15) is 14.4 Å². The summed E-state index contributed by atoms with van der Waals surface area (Å²) in [4.78, 5) is 40.8. The summed E-state index contributed by atoms with van der Waals surface area (Å²) in [5.41, 5.74) is 0.654. The summed E-state index contributed by atoms with van der Waals surface area (Å²) >= 11 is 5.96. The summed E-state index contributed by atoms with van der Waals surface area (Å²) in [6, 6.07) is 14.8. The van der Waals surface area contributed by atoms with Crippen molar-refractivity contribution >= 4 is 34.4 Å². The Kier molecular flexibility index (Phi) is 4.88. The molecule has 28 heavy (non-hydrogen) atoms. The average Bonchev–Trinajstić information content (AvgIpc) is 2.73. The minimum absolute atomic E-state index is 0.0123. The van der Waals surface area contributed by atoms with Gasteiger partial charge in [-0.3, -0.25) is 14.4 Å². The highest BCUT2D eigenvalue weighted by Crippen LogP contribution is 2.17. The van der Waals surface area contributed by atoms with Gasteiger partial charge in [-0.25, -0.2) is 0 Å². The smallest absolute Gasteiger partial charge is 0.289 e. The van der Waals surface area contributed by atoms with Crippen LogP contribution in [0.4, 0.5) is 0 Å². The molecule has 0 bridgehead atoms. The second-order valence-electron chi connectivity index (χ2n) is 6.57. The summed E-state index contributed by atoms with van der Waals surface area (Å²) in [7, 11) is 0. The van der Waals surface area contributed by atoms with Crippen molar-refractivity contribution in [3.8, 4) is 0 Å². The molecule has 1 aliphatic rings. The van der Waals surface area contributed by atoms with E-state index in [2.05, 4.69) is 0 Å². The molecule has 6 nitrogen and oxygen atoms in total. The zero-order chi connectivity index (χ0) is 19.7. The molecule has 0 saturated carbocycles. The lowest BCUT2D eigenvalue weighted by Gasteiger charge is -2.34. The van der Waals surface area contributed by atoms with Gasteiger partial charge >= 0.3 is 0 Å². The highest BCUT2D eigenvalue weighted by atomic mass is 35.5. The van der Waals surface area contributed by atoms with Crippen LogP contribution in [-0.4, -0.2) is 47.8 Å². The molecule has 7 heteroatoms. The normalized spacial score (nSPS) is 14.3. The molecule has 2 heterocycles. The molecular formula is C21H17ClN2O4. The molecule has 2 amide bonds. The Morgan fingerprint density at radius 2 is 1.54 bits per heavy atom. The predicted octanol–water partition coefficient (Wildman–Crippen LogP) is 3.04. The number of hydrogen-bond donors (Lipinski definition) is 0. The van der Waals surface area contributed by atoms with Crippen LogP contribution >= 0.6 is 11.6 Å². The number of carbonyl (C=O) groups excluding carboxylic acids is 2. The Morgan fingerprint density at radius 3 is 2.25 bits per heavy atom. The molecular weight excluding hydrogens is 380 g/mol. The second kappa shape index (κ2) is 7.48. The van der Waals surface area contributed by atoms with Gasteiger partial charge in [0.05, 0.1) is 5.39 Å². The van der Waals surface area contributed by atoms with Crippen LogP contribution in [0.5, 0.6) is 0 Å². The van der Waals surface area contributed by atoms with Crippen molar-refractivity contribution in [1.82, 2.24) is 9.80 Å². The van der Waals surface area contributed by atoms with E-state index in [-0.39, 0.29) is 23.0 Å². The van der Waals surface area contributed by atoms with Gasteiger partial charge in [-0.05, 0) is 30.3 Å². The maximum Gasteiger partial charge on any atom is 0.289 e. The quantitative estimate of drug-likeness (QED) is 0.667. The monoisotopic (exact) mass is 396 g/mol. The van der Waals surface area contributed by atoms with Gasteiger partial charge in [0.2, 0.25) is 0 Å². The number of para-hydroxylation sites is 1. The molecule has 0 radical (unpaired) electrons. The Labute approximate surface area is 165 Å². The second-order valence-corrected chi connectivity index (χ2v) is 7.00. The van der Waals surface area contributed by atoms with Crippen molar-refractivity contribution in [3.05, 3.63) is 81.2 Å². The van der Waals surface area contributed by atoms with E-state index in [1.54, 1.807) is 58.3 Å². The summed E-state index contributed by atoms with van der Waals surface area (Å²) in [6.45, 7) is 1.52. The number of amides is 2. The number of hydrogen-bond acceptors (Lipinski definition) is 4. The van der Waals surface area contributed by atoms with Gasteiger partial charge in [0.1, 0.15) is 5.58 Å². The van der Waals surface area contributed by atoms with Crippen molar-refractivity contribution in [2.24, 2.45) is 0 Å². The average molecular weight is 397 g/mol. The summed E-state index contributed by atoms with van der Waals surface area (Å²) in [6.07, 6.45) is 0. The fourth-order valence-corrected chi connectivity index (χ4v) is 3.47. The van der Waals surface area contributed by atoms with Gasteiger partial charge < -0.3 is 14.2 Å². The molecule has 0 spiro atoms. The third-order valence-corrected chi connectivity index (χ3v) is 5.01. The molecule has 1 fully saturated rings. The van der Waals surface area contributed by atoms with E-state index >= 15 is 0 Å². The fraction of sp³-hybridized carbons (Fsp3) is 0.190. The van der Waals surface area contributed by atoms with Crippen molar-refractivity contribution in [1.29, 1.82) is 0 Å². The fourth-order valence-electron chi connectivity index (χ4n) is 3.28. The highest BCUT2D eigenvalue weighted by molar-refractivity contribution is 6.30. The van der Waals surface area contributed by atoms with Crippen molar-refractivity contribution in [2.45, 2.75) is 0 Å². The highest BCUT2D eigenvalue weighted by Gasteiger charge is 2.27. The lowest BCUT2D eigenvalue weighted by Crippen LogP contribution is -2.50. The first-order valence-corrected chi connectivity index (χ1v) is 9.28. The molecule has 4 rings (SSSR count). The Balaban J connectivity index is 1.47. The van der Waals surface area contributed by atoms with E-state index in [0.717, 1.165) is 0 Å².